The van der Waals surface area contributed by atoms with Gasteiger partial charge in [-0.3, -0.25) is 0 Å². The summed E-state index contributed by atoms with van der Waals surface area (Å²) in [7, 11) is 0. The molecule has 1 aromatic rings. The Hall–Kier alpha value is -1.23. The Bertz CT molecular complexity index is 405. The molecule has 1 aliphatic rings. The van der Waals surface area contributed by atoms with Crippen molar-refractivity contribution < 1.29 is 18.3 Å². The van der Waals surface area contributed by atoms with Crippen LogP contribution in [0, 0.1) is 0 Å². The van der Waals surface area contributed by atoms with E-state index in [4.69, 9.17) is 0 Å². The van der Waals surface area contributed by atoms with E-state index >= 15 is 0 Å². The van der Waals surface area contributed by atoms with E-state index < -0.39 is 17.8 Å². The van der Waals surface area contributed by atoms with Gasteiger partial charge in [0, 0.05) is 5.69 Å². The van der Waals surface area contributed by atoms with Crippen LogP contribution in [0.3, 0.4) is 0 Å². The Morgan fingerprint density at radius 2 is 1.78 bits per heavy atom. The molecule has 0 saturated heterocycles. The van der Waals surface area contributed by atoms with Crippen LogP contribution in [0.25, 0.3) is 0 Å². The van der Waals surface area contributed by atoms with Crippen molar-refractivity contribution in [2.75, 3.05) is 5.32 Å². The number of hydrogen-bond donors (Lipinski definition) is 2. The van der Waals surface area contributed by atoms with E-state index in [0.717, 1.165) is 18.9 Å². The summed E-state index contributed by atoms with van der Waals surface area (Å²) in [4.78, 5) is 0. The number of benzene rings is 1. The Labute approximate surface area is 104 Å². The topological polar surface area (TPSA) is 32.3 Å². The number of para-hydroxylation sites is 1. The van der Waals surface area contributed by atoms with Crippen LogP contribution >= 0.6 is 0 Å². The lowest BCUT2D eigenvalue weighted by molar-refractivity contribution is -0.137. The third-order valence-electron chi connectivity index (χ3n) is 3.30. The monoisotopic (exact) mass is 259 g/mol. The molecule has 0 aromatic heterocycles. The zero-order chi connectivity index (χ0) is 13.2. The molecule has 0 spiro atoms. The first-order chi connectivity index (χ1) is 8.48. The summed E-state index contributed by atoms with van der Waals surface area (Å²) >= 11 is 0. The van der Waals surface area contributed by atoms with Crippen LogP contribution in [-0.4, -0.2) is 17.3 Å². The van der Waals surface area contributed by atoms with Crippen molar-refractivity contribution >= 4 is 5.69 Å². The van der Waals surface area contributed by atoms with Crippen LogP contribution in [0.15, 0.2) is 24.3 Å². The van der Waals surface area contributed by atoms with Crippen molar-refractivity contribution in [3.63, 3.8) is 0 Å². The van der Waals surface area contributed by atoms with E-state index in [9.17, 15) is 18.3 Å². The van der Waals surface area contributed by atoms with Crippen LogP contribution < -0.4 is 5.32 Å². The number of rotatable bonds is 2. The normalized spacial score (nSPS) is 24.9. The first kappa shape index (κ1) is 13.2. The van der Waals surface area contributed by atoms with Crippen LogP contribution in [0.2, 0.25) is 0 Å². The highest BCUT2D eigenvalue weighted by atomic mass is 19.4. The molecule has 1 fully saturated rings. The van der Waals surface area contributed by atoms with Gasteiger partial charge in [0.05, 0.1) is 17.7 Å². The van der Waals surface area contributed by atoms with Gasteiger partial charge in [-0.2, -0.15) is 13.2 Å². The summed E-state index contributed by atoms with van der Waals surface area (Å²) < 4.78 is 38.4. The van der Waals surface area contributed by atoms with Crippen molar-refractivity contribution in [1.82, 2.24) is 0 Å². The number of nitrogens with one attached hydrogen (secondary N) is 1. The first-order valence-corrected chi connectivity index (χ1v) is 6.09. The average Bonchev–Trinajstić information content (AvgIpc) is 2.31. The fourth-order valence-corrected chi connectivity index (χ4v) is 2.34. The van der Waals surface area contributed by atoms with Crippen LogP contribution in [-0.2, 0) is 6.18 Å². The average molecular weight is 259 g/mol. The smallest absolute Gasteiger partial charge is 0.391 e. The predicted octanol–water partition coefficient (Wildman–Crippen LogP) is 3.42. The summed E-state index contributed by atoms with van der Waals surface area (Å²) in [5.74, 6) is 0. The second kappa shape index (κ2) is 5.18. The summed E-state index contributed by atoms with van der Waals surface area (Å²) in [6.45, 7) is 0. The van der Waals surface area contributed by atoms with Crippen molar-refractivity contribution in [2.24, 2.45) is 0 Å². The van der Waals surface area contributed by atoms with E-state index in [1.54, 1.807) is 6.07 Å². The standard InChI is InChI=1S/C13H16F3NO/c14-13(15,16)9-5-1-2-6-10(9)17-11-7-3-4-8-12(11)18/h1-2,5-6,11-12,17-18H,3-4,7-8H2/t11-,12-/m1/s1. The molecule has 0 heterocycles. The molecule has 2 atom stereocenters. The fourth-order valence-electron chi connectivity index (χ4n) is 2.34. The maximum Gasteiger partial charge on any atom is 0.418 e. The minimum absolute atomic E-state index is 0.0518. The number of aliphatic hydroxyl groups excluding tert-OH is 1. The van der Waals surface area contributed by atoms with Gasteiger partial charge in [-0.1, -0.05) is 25.0 Å². The summed E-state index contributed by atoms with van der Waals surface area (Å²) in [6, 6.07) is 5.10. The molecule has 18 heavy (non-hydrogen) atoms. The maximum absolute atomic E-state index is 12.8. The lowest BCUT2D eigenvalue weighted by Crippen LogP contribution is -2.36. The molecule has 1 aliphatic carbocycles. The lowest BCUT2D eigenvalue weighted by atomic mass is 9.92. The van der Waals surface area contributed by atoms with Crippen molar-refractivity contribution in [3.8, 4) is 0 Å². The molecule has 0 bridgehead atoms. The van der Waals surface area contributed by atoms with Crippen molar-refractivity contribution in [3.05, 3.63) is 29.8 Å². The molecule has 0 radical (unpaired) electrons. The second-order valence-electron chi connectivity index (χ2n) is 4.65. The SMILES string of the molecule is O[C@@H]1CCCC[C@H]1Nc1ccccc1C(F)(F)F. The van der Waals surface area contributed by atoms with Gasteiger partial charge in [-0.25, -0.2) is 0 Å². The summed E-state index contributed by atoms with van der Waals surface area (Å²) in [5, 5.41) is 12.6. The molecule has 2 nitrogen and oxygen atoms in total. The molecule has 1 saturated carbocycles. The number of hydrogen-bond acceptors (Lipinski definition) is 2. The molecular weight excluding hydrogens is 243 g/mol. The largest absolute Gasteiger partial charge is 0.418 e. The van der Waals surface area contributed by atoms with E-state index in [1.165, 1.54) is 12.1 Å². The minimum Gasteiger partial charge on any atom is -0.391 e. The van der Waals surface area contributed by atoms with Gasteiger partial charge >= 0.3 is 6.18 Å². The highest BCUT2D eigenvalue weighted by Crippen LogP contribution is 2.35. The fraction of sp³-hybridized carbons (Fsp3) is 0.538. The second-order valence-corrected chi connectivity index (χ2v) is 4.65. The Morgan fingerprint density at radius 3 is 2.44 bits per heavy atom. The summed E-state index contributed by atoms with van der Waals surface area (Å²) in [5.41, 5.74) is -0.626. The molecule has 0 amide bonds. The molecule has 2 rings (SSSR count). The predicted molar refractivity (Wildman–Crippen MR) is 63.3 cm³/mol. The van der Waals surface area contributed by atoms with Crippen molar-refractivity contribution in [2.45, 2.75) is 44.0 Å². The van der Waals surface area contributed by atoms with E-state index in [2.05, 4.69) is 5.32 Å². The Morgan fingerprint density at radius 1 is 1.11 bits per heavy atom. The zero-order valence-corrected chi connectivity index (χ0v) is 9.87. The molecular formula is C13H16F3NO. The third-order valence-corrected chi connectivity index (χ3v) is 3.30. The van der Waals surface area contributed by atoms with E-state index in [0.29, 0.717) is 12.8 Å². The molecule has 0 unspecified atom stereocenters. The number of aliphatic hydroxyl groups is 1. The van der Waals surface area contributed by atoms with Gasteiger partial charge in [0.2, 0.25) is 0 Å². The zero-order valence-electron chi connectivity index (χ0n) is 9.87. The maximum atomic E-state index is 12.8. The number of alkyl halides is 3. The van der Waals surface area contributed by atoms with Gasteiger partial charge in [-0.15, -0.1) is 0 Å². The van der Waals surface area contributed by atoms with Gasteiger partial charge in [0.15, 0.2) is 0 Å². The number of halogens is 3. The quantitative estimate of drug-likeness (QED) is 0.853. The van der Waals surface area contributed by atoms with Crippen LogP contribution in [0.4, 0.5) is 18.9 Å². The van der Waals surface area contributed by atoms with Gasteiger partial charge in [0.25, 0.3) is 0 Å². The molecule has 2 N–H and O–H groups in total. The lowest BCUT2D eigenvalue weighted by Gasteiger charge is -2.30. The van der Waals surface area contributed by atoms with E-state index in [-0.39, 0.29) is 11.7 Å². The van der Waals surface area contributed by atoms with Crippen molar-refractivity contribution in [1.29, 1.82) is 0 Å². The molecule has 0 aliphatic heterocycles. The highest BCUT2D eigenvalue weighted by molar-refractivity contribution is 5.53. The number of anilines is 1. The summed E-state index contributed by atoms with van der Waals surface area (Å²) in [6.07, 6.45) is -1.73. The molecule has 100 valence electrons. The van der Waals surface area contributed by atoms with Crippen LogP contribution in [0.5, 0.6) is 0 Å². The Kier molecular flexibility index (Phi) is 3.80. The van der Waals surface area contributed by atoms with E-state index in [1.807, 2.05) is 0 Å². The van der Waals surface area contributed by atoms with Gasteiger partial charge < -0.3 is 10.4 Å². The molecule has 5 heteroatoms. The van der Waals surface area contributed by atoms with Gasteiger partial charge in [0.1, 0.15) is 0 Å². The molecule has 1 aromatic carbocycles. The van der Waals surface area contributed by atoms with Crippen LogP contribution in [0.1, 0.15) is 31.2 Å². The Balaban J connectivity index is 2.18. The minimum atomic E-state index is -4.37. The first-order valence-electron chi connectivity index (χ1n) is 6.09. The third kappa shape index (κ3) is 2.96. The highest BCUT2D eigenvalue weighted by Gasteiger charge is 2.34. The van der Waals surface area contributed by atoms with Gasteiger partial charge in [-0.05, 0) is 25.0 Å².